The highest BCUT2D eigenvalue weighted by atomic mass is 32.2. The van der Waals surface area contributed by atoms with E-state index >= 15 is 0 Å². The molecule has 70 valence electrons. The van der Waals surface area contributed by atoms with Crippen LogP contribution in [-0.2, 0) is 0 Å². The second kappa shape index (κ2) is 2.99. The summed E-state index contributed by atoms with van der Waals surface area (Å²) in [5.74, 6) is 0.231. The molecule has 13 heavy (non-hydrogen) atoms. The maximum Gasteiger partial charge on any atom is 0.237 e. The fourth-order valence-corrected chi connectivity index (χ4v) is 1.43. The van der Waals surface area contributed by atoms with Crippen LogP contribution in [0.4, 0.5) is 0 Å². The molecule has 1 saturated carbocycles. The molecular weight excluding hydrogens is 194 g/mol. The van der Waals surface area contributed by atoms with Crippen LogP contribution < -0.4 is 0 Å². The lowest BCUT2D eigenvalue weighted by Gasteiger charge is -1.85. The molecule has 2 atom stereocenters. The van der Waals surface area contributed by atoms with Crippen molar-refractivity contribution in [3.05, 3.63) is 16.0 Å². The van der Waals surface area contributed by atoms with Crippen molar-refractivity contribution >= 4 is 11.8 Å². The maximum atomic E-state index is 10.3. The van der Waals surface area contributed by atoms with Crippen LogP contribution >= 0.6 is 11.8 Å². The third-order valence-electron chi connectivity index (χ3n) is 1.95. The molecular formula is C6H7N3O3S. The molecule has 1 fully saturated rings. The molecule has 1 heterocycles. The summed E-state index contributed by atoms with van der Waals surface area (Å²) >= 11 is 1.36. The SMILES string of the molecule is CSc1noc(C2CC2[N+](=O)[O-])n1. The van der Waals surface area contributed by atoms with Crippen LogP contribution in [-0.4, -0.2) is 27.4 Å². The normalized spacial score (nSPS) is 25.9. The molecule has 0 N–H and O–H groups in total. The van der Waals surface area contributed by atoms with E-state index in [2.05, 4.69) is 10.1 Å². The first-order valence-corrected chi connectivity index (χ1v) is 4.96. The smallest absolute Gasteiger partial charge is 0.237 e. The lowest BCUT2D eigenvalue weighted by atomic mass is 10.4. The van der Waals surface area contributed by atoms with Crippen molar-refractivity contribution in [1.29, 1.82) is 0 Å². The van der Waals surface area contributed by atoms with Gasteiger partial charge in [0.1, 0.15) is 5.92 Å². The second-order valence-corrected chi connectivity index (χ2v) is 3.59. The first-order valence-electron chi connectivity index (χ1n) is 3.73. The molecule has 6 nitrogen and oxygen atoms in total. The predicted molar refractivity (Wildman–Crippen MR) is 44.2 cm³/mol. The van der Waals surface area contributed by atoms with Crippen molar-refractivity contribution in [3.8, 4) is 0 Å². The van der Waals surface area contributed by atoms with Gasteiger partial charge in [0.2, 0.25) is 17.1 Å². The van der Waals surface area contributed by atoms with Gasteiger partial charge in [-0.15, -0.1) is 0 Å². The van der Waals surface area contributed by atoms with Gasteiger partial charge in [0.25, 0.3) is 0 Å². The first-order chi connectivity index (χ1) is 6.22. The summed E-state index contributed by atoms with van der Waals surface area (Å²) in [5, 5.41) is 14.5. The summed E-state index contributed by atoms with van der Waals surface area (Å²) in [7, 11) is 0. The molecule has 0 spiro atoms. The molecule has 2 rings (SSSR count). The van der Waals surface area contributed by atoms with Crippen LogP contribution in [0, 0.1) is 10.1 Å². The highest BCUT2D eigenvalue weighted by molar-refractivity contribution is 7.98. The highest BCUT2D eigenvalue weighted by Gasteiger charge is 2.53. The molecule has 0 aromatic carbocycles. The van der Waals surface area contributed by atoms with Crippen molar-refractivity contribution in [1.82, 2.24) is 10.1 Å². The lowest BCUT2D eigenvalue weighted by molar-refractivity contribution is -0.496. The van der Waals surface area contributed by atoms with Gasteiger partial charge in [0.15, 0.2) is 0 Å². The molecule has 2 unspecified atom stereocenters. The van der Waals surface area contributed by atoms with Crippen LogP contribution in [0.3, 0.4) is 0 Å². The number of nitrogens with zero attached hydrogens (tertiary/aromatic N) is 3. The van der Waals surface area contributed by atoms with E-state index in [0.717, 1.165) is 0 Å². The van der Waals surface area contributed by atoms with Crippen LogP contribution in [0.25, 0.3) is 0 Å². The fourth-order valence-electron chi connectivity index (χ4n) is 1.13. The topological polar surface area (TPSA) is 82.1 Å². The van der Waals surface area contributed by atoms with Crippen molar-refractivity contribution in [2.75, 3.05) is 6.26 Å². The van der Waals surface area contributed by atoms with E-state index in [0.29, 0.717) is 17.5 Å². The van der Waals surface area contributed by atoms with E-state index in [1.165, 1.54) is 11.8 Å². The van der Waals surface area contributed by atoms with Crippen LogP contribution in [0.2, 0.25) is 0 Å². The lowest BCUT2D eigenvalue weighted by Crippen LogP contribution is -2.02. The molecule has 1 aliphatic carbocycles. The molecule has 7 heteroatoms. The minimum absolute atomic E-state index is 0.164. The minimum atomic E-state index is -0.518. The van der Waals surface area contributed by atoms with Crippen molar-refractivity contribution in [2.24, 2.45) is 0 Å². The van der Waals surface area contributed by atoms with Gasteiger partial charge >= 0.3 is 0 Å². The Morgan fingerprint density at radius 3 is 3.00 bits per heavy atom. The Labute approximate surface area is 77.8 Å². The van der Waals surface area contributed by atoms with E-state index in [4.69, 9.17) is 4.52 Å². The fraction of sp³-hybridized carbons (Fsp3) is 0.667. The van der Waals surface area contributed by atoms with Gasteiger partial charge in [-0.05, 0) is 6.26 Å². The van der Waals surface area contributed by atoms with Crippen LogP contribution in [0.1, 0.15) is 18.2 Å². The van der Waals surface area contributed by atoms with E-state index < -0.39 is 6.04 Å². The Morgan fingerprint density at radius 2 is 2.54 bits per heavy atom. The van der Waals surface area contributed by atoms with Crippen molar-refractivity contribution < 1.29 is 9.45 Å². The Bertz CT molecular complexity index is 340. The van der Waals surface area contributed by atoms with Crippen LogP contribution in [0.5, 0.6) is 0 Å². The average molecular weight is 201 g/mol. The molecule has 1 aliphatic rings. The number of nitro groups is 1. The van der Waals surface area contributed by atoms with Crippen molar-refractivity contribution in [2.45, 2.75) is 23.5 Å². The Morgan fingerprint density at radius 1 is 1.77 bits per heavy atom. The molecule has 1 aromatic rings. The standard InChI is InChI=1S/C6H7N3O3S/c1-13-6-7-5(12-8-6)3-2-4(3)9(10)11/h3-4H,2H2,1H3. The third-order valence-corrected chi connectivity index (χ3v) is 2.48. The quantitative estimate of drug-likeness (QED) is 0.411. The summed E-state index contributed by atoms with van der Waals surface area (Å²) in [5.41, 5.74) is 0. The Kier molecular flexibility index (Phi) is 1.95. The summed E-state index contributed by atoms with van der Waals surface area (Å²) < 4.78 is 4.87. The predicted octanol–water partition coefficient (Wildman–Crippen LogP) is 0.924. The zero-order valence-electron chi connectivity index (χ0n) is 6.84. The zero-order chi connectivity index (χ0) is 9.42. The van der Waals surface area contributed by atoms with Gasteiger partial charge < -0.3 is 4.52 Å². The minimum Gasteiger partial charge on any atom is -0.338 e. The summed E-state index contributed by atoms with van der Waals surface area (Å²) in [6.45, 7) is 0. The van der Waals surface area contributed by atoms with E-state index in [9.17, 15) is 10.1 Å². The number of rotatable bonds is 3. The third kappa shape index (κ3) is 1.51. The highest BCUT2D eigenvalue weighted by Crippen LogP contribution is 2.42. The second-order valence-electron chi connectivity index (χ2n) is 2.81. The largest absolute Gasteiger partial charge is 0.338 e. The number of aromatic nitrogens is 2. The summed E-state index contributed by atoms with van der Waals surface area (Å²) in [6, 6.07) is -0.518. The molecule has 0 aliphatic heterocycles. The zero-order valence-corrected chi connectivity index (χ0v) is 7.65. The van der Waals surface area contributed by atoms with E-state index in [-0.39, 0.29) is 10.8 Å². The van der Waals surface area contributed by atoms with Gasteiger partial charge in [-0.1, -0.05) is 16.9 Å². The van der Waals surface area contributed by atoms with Crippen molar-refractivity contribution in [3.63, 3.8) is 0 Å². The van der Waals surface area contributed by atoms with Crippen LogP contribution in [0.15, 0.2) is 9.68 Å². The van der Waals surface area contributed by atoms with Gasteiger partial charge in [-0.2, -0.15) is 4.98 Å². The molecule has 0 bridgehead atoms. The molecule has 0 amide bonds. The first kappa shape index (κ1) is 8.49. The van der Waals surface area contributed by atoms with Gasteiger partial charge in [-0.25, -0.2) is 0 Å². The molecule has 0 radical (unpaired) electrons. The van der Waals surface area contributed by atoms with E-state index in [1.54, 1.807) is 0 Å². The number of hydrogen-bond acceptors (Lipinski definition) is 6. The number of hydrogen-bond donors (Lipinski definition) is 0. The van der Waals surface area contributed by atoms with Gasteiger partial charge in [-0.3, -0.25) is 10.1 Å². The number of thioether (sulfide) groups is 1. The molecule has 0 saturated heterocycles. The monoisotopic (exact) mass is 201 g/mol. The molecule has 1 aromatic heterocycles. The summed E-state index contributed by atoms with van der Waals surface area (Å²) in [4.78, 5) is 14.0. The Hall–Kier alpha value is -1.11. The van der Waals surface area contributed by atoms with Gasteiger partial charge in [0, 0.05) is 11.3 Å². The maximum absolute atomic E-state index is 10.3. The van der Waals surface area contributed by atoms with E-state index in [1.807, 2.05) is 6.26 Å². The average Bonchev–Trinajstić information content (AvgIpc) is 2.78. The van der Waals surface area contributed by atoms with Gasteiger partial charge in [0.05, 0.1) is 0 Å². The summed E-state index contributed by atoms with van der Waals surface area (Å²) in [6.07, 6.45) is 2.34. The Balaban J connectivity index is 2.07.